The third-order valence-corrected chi connectivity index (χ3v) is 4.76. The fourth-order valence-electron chi connectivity index (χ4n) is 3.28. The molecule has 0 atom stereocenters. The molecule has 1 aliphatic heterocycles. The van der Waals surface area contributed by atoms with Crippen LogP contribution in [0.2, 0.25) is 0 Å². The van der Waals surface area contributed by atoms with Crippen LogP contribution in [0.5, 0.6) is 11.5 Å². The molecule has 6 heteroatoms. The summed E-state index contributed by atoms with van der Waals surface area (Å²) in [7, 11) is 2.94. The van der Waals surface area contributed by atoms with E-state index >= 15 is 0 Å². The summed E-state index contributed by atoms with van der Waals surface area (Å²) in [5, 5.41) is 0. The Kier molecular flexibility index (Phi) is 5.94. The molecule has 0 N–H and O–H groups in total. The van der Waals surface area contributed by atoms with Crippen LogP contribution < -0.4 is 14.4 Å². The molecule has 0 saturated carbocycles. The summed E-state index contributed by atoms with van der Waals surface area (Å²) >= 11 is 0. The number of carbonyl (C=O) groups excluding carboxylic acids is 1. The van der Waals surface area contributed by atoms with Gasteiger partial charge in [-0.25, -0.2) is 4.79 Å². The quantitative estimate of drug-likeness (QED) is 0.742. The van der Waals surface area contributed by atoms with Crippen LogP contribution in [0.3, 0.4) is 0 Å². The summed E-state index contributed by atoms with van der Waals surface area (Å²) in [5.74, 6) is 1.26. The van der Waals surface area contributed by atoms with E-state index < -0.39 is 5.97 Å². The van der Waals surface area contributed by atoms with Gasteiger partial charge in [-0.2, -0.15) is 0 Å². The number of piperidine rings is 1. The molecule has 0 radical (unpaired) electrons. The summed E-state index contributed by atoms with van der Waals surface area (Å²) < 4.78 is 15.5. The zero-order valence-corrected chi connectivity index (χ0v) is 15.2. The lowest BCUT2D eigenvalue weighted by Crippen LogP contribution is -2.32. The molecular formula is C20H24N2O4. The van der Waals surface area contributed by atoms with Crippen LogP contribution in [0, 0.1) is 0 Å². The number of rotatable bonds is 6. The first-order chi connectivity index (χ1) is 12.7. The van der Waals surface area contributed by atoms with Crippen LogP contribution in [0.4, 0.5) is 5.69 Å². The molecule has 0 spiro atoms. The number of carbonyl (C=O) groups is 1. The minimum absolute atomic E-state index is 0.128. The Balaban J connectivity index is 1.64. The number of ether oxygens (including phenoxy) is 3. The Morgan fingerprint density at radius 1 is 1.12 bits per heavy atom. The number of esters is 1. The number of aromatic nitrogens is 1. The van der Waals surface area contributed by atoms with Crippen molar-refractivity contribution in [3.05, 3.63) is 48.3 Å². The maximum Gasteiger partial charge on any atom is 0.343 e. The third kappa shape index (κ3) is 4.25. The summed E-state index contributed by atoms with van der Waals surface area (Å²) in [5.41, 5.74) is 2.46. The van der Waals surface area contributed by atoms with E-state index in [0.717, 1.165) is 25.9 Å². The highest BCUT2D eigenvalue weighted by Gasteiger charge is 2.22. The molecule has 1 saturated heterocycles. The topological polar surface area (TPSA) is 60.9 Å². The zero-order valence-electron chi connectivity index (χ0n) is 15.2. The zero-order chi connectivity index (χ0) is 18.4. The lowest BCUT2D eigenvalue weighted by Gasteiger charge is -2.34. The smallest absolute Gasteiger partial charge is 0.343 e. The Hall–Kier alpha value is -2.76. The summed E-state index contributed by atoms with van der Waals surface area (Å²) in [6, 6.07) is 10.0. The van der Waals surface area contributed by atoms with Crippen LogP contribution in [0.25, 0.3) is 0 Å². The second kappa shape index (κ2) is 8.56. The maximum absolute atomic E-state index is 11.3. The van der Waals surface area contributed by atoms with Gasteiger partial charge in [0.1, 0.15) is 0 Å². The van der Waals surface area contributed by atoms with E-state index in [1.165, 1.54) is 18.4 Å². The summed E-state index contributed by atoms with van der Waals surface area (Å²) in [6.45, 7) is 1.89. The molecule has 1 fully saturated rings. The Morgan fingerprint density at radius 3 is 2.50 bits per heavy atom. The van der Waals surface area contributed by atoms with Crippen LogP contribution in [0.1, 0.15) is 24.3 Å². The number of benzene rings is 1. The van der Waals surface area contributed by atoms with Crippen molar-refractivity contribution in [2.24, 2.45) is 0 Å². The first kappa shape index (κ1) is 18.0. The highest BCUT2D eigenvalue weighted by atomic mass is 16.6. The van der Waals surface area contributed by atoms with Gasteiger partial charge in [-0.05, 0) is 48.6 Å². The minimum atomic E-state index is -0.417. The van der Waals surface area contributed by atoms with Crippen molar-refractivity contribution < 1.29 is 19.0 Å². The van der Waals surface area contributed by atoms with E-state index in [1.807, 2.05) is 24.5 Å². The van der Waals surface area contributed by atoms with Gasteiger partial charge in [-0.1, -0.05) is 6.07 Å². The van der Waals surface area contributed by atoms with Crippen LogP contribution in [-0.2, 0) is 9.53 Å². The van der Waals surface area contributed by atoms with Gasteiger partial charge in [0.05, 0.1) is 14.2 Å². The van der Waals surface area contributed by atoms with Crippen molar-refractivity contribution in [1.29, 1.82) is 0 Å². The molecule has 2 aromatic rings. The van der Waals surface area contributed by atoms with Gasteiger partial charge in [-0.3, -0.25) is 4.98 Å². The molecule has 1 aliphatic rings. The molecule has 0 aliphatic carbocycles. The fourth-order valence-corrected chi connectivity index (χ4v) is 3.28. The van der Waals surface area contributed by atoms with E-state index in [-0.39, 0.29) is 6.61 Å². The average Bonchev–Trinajstić information content (AvgIpc) is 2.72. The minimum Gasteiger partial charge on any atom is -0.493 e. The third-order valence-electron chi connectivity index (χ3n) is 4.76. The van der Waals surface area contributed by atoms with Crippen molar-refractivity contribution in [3.63, 3.8) is 0 Å². The molecule has 2 heterocycles. The molecule has 0 unspecified atom stereocenters. The van der Waals surface area contributed by atoms with Crippen molar-refractivity contribution in [3.8, 4) is 11.5 Å². The number of hydrogen-bond donors (Lipinski definition) is 0. The maximum atomic E-state index is 11.3. The van der Waals surface area contributed by atoms with Gasteiger partial charge in [0.25, 0.3) is 0 Å². The van der Waals surface area contributed by atoms with E-state index in [2.05, 4.69) is 32.8 Å². The lowest BCUT2D eigenvalue weighted by molar-refractivity contribution is -0.142. The number of anilines is 1. The van der Waals surface area contributed by atoms with E-state index in [1.54, 1.807) is 7.11 Å². The molecule has 138 valence electrons. The first-order valence-electron chi connectivity index (χ1n) is 8.73. The van der Waals surface area contributed by atoms with Gasteiger partial charge in [-0.15, -0.1) is 0 Å². The van der Waals surface area contributed by atoms with Crippen molar-refractivity contribution >= 4 is 11.7 Å². The second-order valence-corrected chi connectivity index (χ2v) is 6.24. The molecule has 6 nitrogen and oxygen atoms in total. The fraction of sp³-hybridized carbons (Fsp3) is 0.400. The largest absolute Gasteiger partial charge is 0.493 e. The van der Waals surface area contributed by atoms with E-state index in [4.69, 9.17) is 9.47 Å². The van der Waals surface area contributed by atoms with Crippen LogP contribution >= 0.6 is 0 Å². The highest BCUT2D eigenvalue weighted by molar-refractivity contribution is 5.71. The normalized spacial score (nSPS) is 14.8. The van der Waals surface area contributed by atoms with Crippen molar-refractivity contribution in [2.45, 2.75) is 18.8 Å². The summed E-state index contributed by atoms with van der Waals surface area (Å²) in [6.07, 6.45) is 5.82. The van der Waals surface area contributed by atoms with Crippen LogP contribution in [-0.4, -0.2) is 44.9 Å². The molecular weight excluding hydrogens is 332 g/mol. The monoisotopic (exact) mass is 356 g/mol. The molecule has 0 amide bonds. The first-order valence-corrected chi connectivity index (χ1v) is 8.73. The van der Waals surface area contributed by atoms with Crippen molar-refractivity contribution in [2.75, 3.05) is 38.8 Å². The Labute approximate surface area is 153 Å². The lowest BCUT2D eigenvalue weighted by atomic mass is 9.89. The number of pyridine rings is 1. The molecule has 1 aromatic heterocycles. The molecule has 0 bridgehead atoms. The van der Waals surface area contributed by atoms with E-state index in [0.29, 0.717) is 17.4 Å². The molecule has 3 rings (SSSR count). The number of hydrogen-bond acceptors (Lipinski definition) is 6. The van der Waals surface area contributed by atoms with Gasteiger partial charge in [0.2, 0.25) is 0 Å². The van der Waals surface area contributed by atoms with Gasteiger partial charge in [0.15, 0.2) is 18.1 Å². The average molecular weight is 356 g/mol. The van der Waals surface area contributed by atoms with Crippen LogP contribution in [0.15, 0.2) is 42.7 Å². The number of methoxy groups -OCH3 is 2. The SMILES string of the molecule is COC(=O)COc1ccc(C2CCN(c3ccncc3)CC2)cc1OC. The predicted molar refractivity (Wildman–Crippen MR) is 98.9 cm³/mol. The standard InChI is InChI=1S/C20H24N2O4/c1-24-19-13-16(3-4-18(19)26-14-20(23)25-2)15-7-11-22(12-8-15)17-5-9-21-10-6-17/h3-6,9-10,13,15H,7-8,11-12,14H2,1-2H3. The van der Waals surface area contributed by atoms with Gasteiger partial charge >= 0.3 is 5.97 Å². The van der Waals surface area contributed by atoms with Crippen molar-refractivity contribution in [1.82, 2.24) is 4.98 Å². The number of nitrogens with zero attached hydrogens (tertiary/aromatic N) is 2. The van der Waals surface area contributed by atoms with Gasteiger partial charge in [0, 0.05) is 31.2 Å². The molecule has 1 aromatic carbocycles. The highest BCUT2D eigenvalue weighted by Crippen LogP contribution is 2.35. The summed E-state index contributed by atoms with van der Waals surface area (Å²) in [4.78, 5) is 17.7. The second-order valence-electron chi connectivity index (χ2n) is 6.24. The van der Waals surface area contributed by atoms with Gasteiger partial charge < -0.3 is 19.1 Å². The van der Waals surface area contributed by atoms with E-state index in [9.17, 15) is 4.79 Å². The predicted octanol–water partition coefficient (Wildman–Crippen LogP) is 3.03. The Morgan fingerprint density at radius 2 is 1.85 bits per heavy atom. The molecule has 26 heavy (non-hydrogen) atoms. The Bertz CT molecular complexity index is 728.